The van der Waals surface area contributed by atoms with Crippen LogP contribution in [0.15, 0.2) is 82.0 Å². The molecule has 3 aromatic rings. The van der Waals surface area contributed by atoms with Crippen LogP contribution in [0.3, 0.4) is 0 Å². The average molecular weight is 502 g/mol. The number of nitrogens with one attached hydrogen (secondary N) is 1. The lowest BCUT2D eigenvalue weighted by Crippen LogP contribution is -2.41. The molecular weight excluding hydrogens is 474 g/mol. The molecule has 36 heavy (non-hydrogen) atoms. The number of methoxy groups -OCH3 is 2. The molecule has 1 aliphatic carbocycles. The van der Waals surface area contributed by atoms with Gasteiger partial charge in [-0.25, -0.2) is 5.01 Å². The summed E-state index contributed by atoms with van der Waals surface area (Å²) in [4.78, 5) is 12.7. The van der Waals surface area contributed by atoms with Crippen molar-refractivity contribution in [2.75, 3.05) is 14.2 Å². The van der Waals surface area contributed by atoms with Gasteiger partial charge in [-0.3, -0.25) is 10.1 Å². The SMILES string of the molecule is COc1ccc(/C=C2\CCCC3C2=NN(C(=S)NC(=O)c2ccco2)C3c2ccc(OC)cc2)cc1. The summed E-state index contributed by atoms with van der Waals surface area (Å²) in [5.41, 5.74) is 4.33. The van der Waals surface area contributed by atoms with Gasteiger partial charge >= 0.3 is 0 Å². The van der Waals surface area contributed by atoms with Crippen LogP contribution in [0, 0.1) is 5.92 Å². The highest BCUT2D eigenvalue weighted by molar-refractivity contribution is 7.80. The minimum absolute atomic E-state index is 0.134. The number of thiocarbonyl (C=S) groups is 1. The molecule has 2 atom stereocenters. The standard InChI is InChI=1S/C28H27N3O4S/c1-33-21-12-8-18(9-13-21)17-20-5-3-6-23-25(20)30-31(26(23)19-10-14-22(34-2)15-11-19)28(36)29-27(32)24-7-4-16-35-24/h4,7-17,23,26H,3,5-6H2,1-2H3,(H,29,32,36)/b20-17+. The van der Waals surface area contributed by atoms with Crippen molar-refractivity contribution in [3.63, 3.8) is 0 Å². The number of hydrogen-bond donors (Lipinski definition) is 1. The number of carbonyl (C=O) groups excluding carboxylic acids is 1. The molecular formula is C28H27N3O4S. The number of ether oxygens (including phenoxy) is 2. The van der Waals surface area contributed by atoms with Crippen molar-refractivity contribution >= 4 is 35.0 Å². The third-order valence-corrected chi connectivity index (χ3v) is 6.88. The highest BCUT2D eigenvalue weighted by atomic mass is 32.1. The second-order valence-electron chi connectivity index (χ2n) is 8.73. The van der Waals surface area contributed by atoms with E-state index in [4.69, 9.17) is 31.2 Å². The Balaban J connectivity index is 1.49. The number of benzene rings is 2. The predicted octanol–water partition coefficient (Wildman–Crippen LogP) is 5.61. The number of nitrogens with zero attached hydrogens (tertiary/aromatic N) is 2. The summed E-state index contributed by atoms with van der Waals surface area (Å²) in [7, 11) is 3.31. The van der Waals surface area contributed by atoms with Gasteiger partial charge in [0.2, 0.25) is 0 Å². The van der Waals surface area contributed by atoms with E-state index in [-0.39, 0.29) is 22.8 Å². The molecule has 2 heterocycles. The number of carbonyl (C=O) groups is 1. The molecule has 7 nitrogen and oxygen atoms in total. The summed E-state index contributed by atoms with van der Waals surface area (Å²) in [6, 6.07) is 19.1. The summed E-state index contributed by atoms with van der Waals surface area (Å²) in [5.74, 6) is 1.53. The van der Waals surface area contributed by atoms with E-state index in [1.165, 1.54) is 11.8 Å². The second-order valence-corrected chi connectivity index (χ2v) is 9.11. The molecule has 0 spiro atoms. The van der Waals surface area contributed by atoms with E-state index in [0.29, 0.717) is 0 Å². The molecule has 0 saturated heterocycles. The largest absolute Gasteiger partial charge is 0.497 e. The first kappa shape index (κ1) is 23.8. The van der Waals surface area contributed by atoms with Crippen LogP contribution in [0.4, 0.5) is 0 Å². The summed E-state index contributed by atoms with van der Waals surface area (Å²) in [6.45, 7) is 0. The summed E-state index contributed by atoms with van der Waals surface area (Å²) in [5, 5.41) is 9.80. The fraction of sp³-hybridized carbons (Fsp3) is 0.250. The monoisotopic (exact) mass is 501 g/mol. The fourth-order valence-electron chi connectivity index (χ4n) is 4.83. The van der Waals surface area contributed by atoms with Crippen LogP contribution in [0.1, 0.15) is 47.0 Å². The van der Waals surface area contributed by atoms with Crippen LogP contribution in [0.5, 0.6) is 11.5 Å². The van der Waals surface area contributed by atoms with Crippen LogP contribution in [-0.4, -0.2) is 36.0 Å². The molecule has 0 bridgehead atoms. The lowest BCUT2D eigenvalue weighted by Gasteiger charge is -2.30. The highest BCUT2D eigenvalue weighted by Gasteiger charge is 2.43. The van der Waals surface area contributed by atoms with Gasteiger partial charge in [0, 0.05) is 5.92 Å². The highest BCUT2D eigenvalue weighted by Crippen LogP contribution is 2.44. The van der Waals surface area contributed by atoms with E-state index in [9.17, 15) is 4.79 Å². The first-order valence-electron chi connectivity index (χ1n) is 11.8. The Bertz CT molecular complexity index is 1300. The summed E-state index contributed by atoms with van der Waals surface area (Å²) in [6.07, 6.45) is 6.58. The van der Waals surface area contributed by atoms with Crippen LogP contribution in [0.2, 0.25) is 0 Å². The van der Waals surface area contributed by atoms with Crippen molar-refractivity contribution in [3.05, 3.63) is 89.4 Å². The molecule has 8 heteroatoms. The van der Waals surface area contributed by atoms with Crippen LogP contribution < -0.4 is 14.8 Å². The Hall–Kier alpha value is -3.91. The first-order chi connectivity index (χ1) is 17.6. The number of allylic oxidation sites excluding steroid dienone is 1. The quantitative estimate of drug-likeness (QED) is 0.458. The molecule has 0 radical (unpaired) electrons. The Morgan fingerprint density at radius 1 is 1.08 bits per heavy atom. The van der Waals surface area contributed by atoms with E-state index in [2.05, 4.69) is 11.4 Å². The van der Waals surface area contributed by atoms with Crippen molar-refractivity contribution in [2.45, 2.75) is 25.3 Å². The molecule has 1 aliphatic heterocycles. The number of hydrazone groups is 1. The second kappa shape index (κ2) is 10.4. The van der Waals surface area contributed by atoms with Gasteiger partial charge in [-0.05, 0) is 90.7 Å². The van der Waals surface area contributed by atoms with E-state index in [0.717, 1.165) is 47.6 Å². The molecule has 2 aromatic carbocycles. The van der Waals surface area contributed by atoms with Gasteiger partial charge in [0.05, 0.1) is 32.2 Å². The first-order valence-corrected chi connectivity index (χ1v) is 12.2. The van der Waals surface area contributed by atoms with Crippen molar-refractivity contribution in [3.8, 4) is 11.5 Å². The minimum atomic E-state index is -0.400. The van der Waals surface area contributed by atoms with Gasteiger partial charge in [0.1, 0.15) is 11.5 Å². The van der Waals surface area contributed by atoms with Gasteiger partial charge in [-0.2, -0.15) is 5.10 Å². The van der Waals surface area contributed by atoms with Crippen molar-refractivity contribution in [1.29, 1.82) is 0 Å². The molecule has 1 amide bonds. The van der Waals surface area contributed by atoms with Crippen molar-refractivity contribution in [1.82, 2.24) is 10.3 Å². The Labute approximate surface area is 215 Å². The Morgan fingerprint density at radius 2 is 1.78 bits per heavy atom. The predicted molar refractivity (Wildman–Crippen MR) is 142 cm³/mol. The molecule has 1 saturated carbocycles. The Morgan fingerprint density at radius 3 is 2.42 bits per heavy atom. The van der Waals surface area contributed by atoms with Crippen molar-refractivity contribution < 1.29 is 18.7 Å². The molecule has 1 N–H and O–H groups in total. The topological polar surface area (TPSA) is 76.3 Å². The molecule has 184 valence electrons. The lowest BCUT2D eigenvalue weighted by atomic mass is 9.77. The van der Waals surface area contributed by atoms with E-state index in [1.54, 1.807) is 31.4 Å². The fourth-order valence-corrected chi connectivity index (χ4v) is 5.07. The van der Waals surface area contributed by atoms with Gasteiger partial charge < -0.3 is 13.9 Å². The van der Waals surface area contributed by atoms with E-state index < -0.39 is 5.91 Å². The van der Waals surface area contributed by atoms with Crippen LogP contribution in [-0.2, 0) is 0 Å². The number of amides is 1. The molecule has 1 aromatic heterocycles. The zero-order chi connectivity index (χ0) is 25.1. The summed E-state index contributed by atoms with van der Waals surface area (Å²) >= 11 is 5.70. The molecule has 2 aliphatic rings. The smallest absolute Gasteiger partial charge is 0.293 e. The van der Waals surface area contributed by atoms with Gasteiger partial charge in [-0.15, -0.1) is 0 Å². The third-order valence-electron chi connectivity index (χ3n) is 6.59. The van der Waals surface area contributed by atoms with Crippen LogP contribution in [0.25, 0.3) is 6.08 Å². The van der Waals surface area contributed by atoms with E-state index in [1.807, 2.05) is 48.5 Å². The molecule has 2 unspecified atom stereocenters. The normalized spacial score (nSPS) is 20.0. The maximum atomic E-state index is 12.7. The zero-order valence-corrected chi connectivity index (χ0v) is 21.0. The Kier molecular flexibility index (Phi) is 6.86. The maximum Gasteiger partial charge on any atom is 0.293 e. The number of rotatable bonds is 5. The van der Waals surface area contributed by atoms with Gasteiger partial charge in [0.15, 0.2) is 10.9 Å². The minimum Gasteiger partial charge on any atom is -0.497 e. The maximum absolute atomic E-state index is 12.7. The van der Waals surface area contributed by atoms with Gasteiger partial charge in [0.25, 0.3) is 5.91 Å². The number of fused-ring (bicyclic) bond motifs is 1. The lowest BCUT2D eigenvalue weighted by molar-refractivity contribution is 0.0944. The van der Waals surface area contributed by atoms with Crippen LogP contribution >= 0.6 is 12.2 Å². The van der Waals surface area contributed by atoms with Gasteiger partial charge in [-0.1, -0.05) is 24.3 Å². The summed E-state index contributed by atoms with van der Waals surface area (Å²) < 4.78 is 15.9. The number of furan rings is 1. The average Bonchev–Trinajstić information content (AvgIpc) is 3.58. The molecule has 1 fully saturated rings. The third kappa shape index (κ3) is 4.77. The van der Waals surface area contributed by atoms with Crippen molar-refractivity contribution in [2.24, 2.45) is 11.0 Å². The zero-order valence-electron chi connectivity index (χ0n) is 20.1. The van der Waals surface area contributed by atoms with E-state index >= 15 is 0 Å². The number of hydrogen-bond acceptors (Lipinski definition) is 6. The molecule has 5 rings (SSSR count).